The van der Waals surface area contributed by atoms with Crippen molar-refractivity contribution in [1.29, 1.82) is 0 Å². The fraction of sp³-hybridized carbons (Fsp3) is 0.500. The maximum atomic E-state index is 12.6. The molecule has 1 aliphatic rings. The number of quaternary nitrogens is 1. The molecule has 8 nitrogen and oxygen atoms in total. The van der Waals surface area contributed by atoms with Gasteiger partial charge >= 0.3 is 5.97 Å². The molecule has 0 heterocycles. The fourth-order valence-electron chi connectivity index (χ4n) is 3.66. The molecule has 0 bridgehead atoms. The lowest BCUT2D eigenvalue weighted by Crippen LogP contribution is -2.61. The number of aliphatic carboxylic acids is 1. The molecule has 0 amide bonds. The molecule has 172 valence electrons. The second-order valence-corrected chi connectivity index (χ2v) is 9.89. The highest BCUT2D eigenvalue weighted by Crippen LogP contribution is 2.30. The molecular formula is C22H34N3O5S+. The number of fused-ring (bicyclic) bond motifs is 1. The molecule has 9 heteroatoms. The number of nitrogens with zero attached hydrogens (tertiary/aromatic N) is 1. The molecule has 1 saturated carbocycles. The smallest absolute Gasteiger partial charge is 0.324 e. The molecule has 0 aromatic heterocycles. The summed E-state index contributed by atoms with van der Waals surface area (Å²) >= 11 is 0. The molecule has 0 spiro atoms. The van der Waals surface area contributed by atoms with E-state index in [1.807, 2.05) is 25.1 Å². The van der Waals surface area contributed by atoms with E-state index in [1.54, 1.807) is 24.3 Å². The molecule has 0 saturated heterocycles. The van der Waals surface area contributed by atoms with Crippen LogP contribution in [-0.4, -0.2) is 56.9 Å². The second-order valence-electron chi connectivity index (χ2n) is 8.20. The molecule has 2 atom stereocenters. The normalized spacial score (nSPS) is 16.8. The summed E-state index contributed by atoms with van der Waals surface area (Å²) < 4.78 is 27.4. The Balaban J connectivity index is 0.000000412. The van der Waals surface area contributed by atoms with Crippen LogP contribution in [0, 0.1) is 0 Å². The van der Waals surface area contributed by atoms with Crippen molar-refractivity contribution >= 4 is 32.5 Å². The largest absolute Gasteiger partial charge is 0.480 e. The zero-order chi connectivity index (χ0) is 23.2. The first-order valence-electron chi connectivity index (χ1n) is 10.5. The monoisotopic (exact) mass is 452 g/mol. The molecule has 2 aromatic rings. The van der Waals surface area contributed by atoms with Gasteiger partial charge in [-0.1, -0.05) is 30.7 Å². The van der Waals surface area contributed by atoms with E-state index in [0.29, 0.717) is 5.39 Å². The Kier molecular flexibility index (Phi) is 8.81. The van der Waals surface area contributed by atoms with Crippen LogP contribution in [0.5, 0.6) is 0 Å². The van der Waals surface area contributed by atoms with E-state index in [0.717, 1.165) is 17.1 Å². The van der Waals surface area contributed by atoms with E-state index in [9.17, 15) is 18.3 Å². The van der Waals surface area contributed by atoms with Gasteiger partial charge in [0, 0.05) is 30.6 Å². The summed E-state index contributed by atoms with van der Waals surface area (Å²) in [6.45, 7) is 1.22. The van der Waals surface area contributed by atoms with Gasteiger partial charge in [0.25, 0.3) is 0 Å². The average molecular weight is 453 g/mol. The van der Waals surface area contributed by atoms with Crippen molar-refractivity contribution < 1.29 is 29.2 Å². The molecule has 2 aromatic carbocycles. The summed E-state index contributed by atoms with van der Waals surface area (Å²) in [4.78, 5) is 13.0. The van der Waals surface area contributed by atoms with Gasteiger partial charge < -0.3 is 20.8 Å². The standard InChI is InChI=1S/C16H20N2O5S.C6H13N/c1-10(19)15(16(20)21)17-24(22,23)14-9-5-6-11-12(14)7-4-8-13(11)18(2)3;7-6-4-2-1-3-5-6/h4-10,15,17,19H,1-3H3,(H,20,21);6H,1-5,7H2/p+1/t10-,15+;/m1./s1. The van der Waals surface area contributed by atoms with Crippen LogP contribution < -0.4 is 15.4 Å². The van der Waals surface area contributed by atoms with Crippen LogP contribution in [0.4, 0.5) is 5.69 Å². The lowest BCUT2D eigenvalue weighted by Gasteiger charge is -2.19. The Labute approximate surface area is 184 Å². The average Bonchev–Trinajstić information content (AvgIpc) is 2.71. The highest BCUT2D eigenvalue weighted by Gasteiger charge is 2.30. The SMILES string of the molecule is C[C@@H](O)[C@H](NS(=O)(=O)c1cccc2c(N(C)C)cccc12)C(=O)O.[NH3+]C1CCCCC1. The highest BCUT2D eigenvalue weighted by molar-refractivity contribution is 7.89. The van der Waals surface area contributed by atoms with Crippen LogP contribution in [0.1, 0.15) is 39.0 Å². The van der Waals surface area contributed by atoms with E-state index in [4.69, 9.17) is 5.11 Å². The van der Waals surface area contributed by atoms with E-state index in [-0.39, 0.29) is 4.90 Å². The van der Waals surface area contributed by atoms with Crippen LogP contribution in [0.2, 0.25) is 0 Å². The lowest BCUT2D eigenvalue weighted by atomic mass is 9.97. The number of hydrogen-bond acceptors (Lipinski definition) is 5. The summed E-state index contributed by atoms with van der Waals surface area (Å²) in [6.07, 6.45) is 5.68. The van der Waals surface area contributed by atoms with Crippen LogP contribution in [0.15, 0.2) is 41.3 Å². The maximum absolute atomic E-state index is 12.6. The Morgan fingerprint density at radius 3 is 2.16 bits per heavy atom. The van der Waals surface area contributed by atoms with Crippen LogP contribution in [0.3, 0.4) is 0 Å². The molecular weight excluding hydrogens is 418 g/mol. The Morgan fingerprint density at radius 2 is 1.68 bits per heavy atom. The van der Waals surface area contributed by atoms with Gasteiger partial charge in [0.05, 0.1) is 17.0 Å². The van der Waals surface area contributed by atoms with Crippen LogP contribution in [-0.2, 0) is 14.8 Å². The number of nitrogens with one attached hydrogen (secondary N) is 1. The quantitative estimate of drug-likeness (QED) is 0.526. The van der Waals surface area contributed by atoms with Crippen molar-refractivity contribution in [2.24, 2.45) is 0 Å². The molecule has 3 rings (SSSR count). The van der Waals surface area contributed by atoms with E-state index in [2.05, 4.69) is 10.5 Å². The molecule has 1 fully saturated rings. The van der Waals surface area contributed by atoms with Gasteiger partial charge in [0.1, 0.15) is 6.04 Å². The summed E-state index contributed by atoms with van der Waals surface area (Å²) in [5.41, 5.74) is 4.84. The van der Waals surface area contributed by atoms with Crippen LogP contribution >= 0.6 is 0 Å². The van der Waals surface area contributed by atoms with Crippen molar-refractivity contribution in [3.8, 4) is 0 Å². The predicted molar refractivity (Wildman–Crippen MR) is 121 cm³/mol. The minimum atomic E-state index is -4.13. The third kappa shape index (κ3) is 6.64. The van der Waals surface area contributed by atoms with Crippen molar-refractivity contribution in [2.45, 2.75) is 62.1 Å². The van der Waals surface area contributed by atoms with E-state index >= 15 is 0 Å². The molecule has 0 unspecified atom stereocenters. The summed E-state index contributed by atoms with van der Waals surface area (Å²) in [6, 6.07) is 9.23. The number of benzene rings is 2. The molecule has 0 radical (unpaired) electrons. The van der Waals surface area contributed by atoms with Gasteiger partial charge in [-0.2, -0.15) is 4.72 Å². The first kappa shape index (κ1) is 25.1. The van der Waals surface area contributed by atoms with E-state index in [1.165, 1.54) is 45.1 Å². The topological polar surface area (TPSA) is 135 Å². The van der Waals surface area contributed by atoms with Gasteiger partial charge in [-0.3, -0.25) is 4.79 Å². The third-order valence-electron chi connectivity index (χ3n) is 5.39. The number of carbonyl (C=O) groups is 1. The third-order valence-corrected chi connectivity index (χ3v) is 6.88. The predicted octanol–water partition coefficient (Wildman–Crippen LogP) is 1.58. The second kappa shape index (κ2) is 10.9. The number of aliphatic hydroxyl groups excluding tert-OH is 1. The number of aliphatic hydroxyl groups is 1. The van der Waals surface area contributed by atoms with Crippen LogP contribution in [0.25, 0.3) is 10.8 Å². The lowest BCUT2D eigenvalue weighted by molar-refractivity contribution is -0.425. The number of sulfonamides is 1. The number of carboxylic acid groups (broad SMARTS) is 1. The van der Waals surface area contributed by atoms with Crippen molar-refractivity contribution in [1.82, 2.24) is 4.72 Å². The van der Waals surface area contributed by atoms with E-state index < -0.39 is 28.1 Å². The Bertz CT molecular complexity index is 986. The molecule has 1 aliphatic carbocycles. The van der Waals surface area contributed by atoms with Gasteiger partial charge in [-0.25, -0.2) is 8.42 Å². The van der Waals surface area contributed by atoms with Crippen molar-refractivity contribution in [2.75, 3.05) is 19.0 Å². The van der Waals surface area contributed by atoms with Gasteiger partial charge in [-0.05, 0) is 44.7 Å². The number of hydrogen-bond donors (Lipinski definition) is 4. The number of anilines is 1. The zero-order valence-corrected chi connectivity index (χ0v) is 19.2. The fourth-order valence-corrected chi connectivity index (χ4v) is 5.15. The Morgan fingerprint density at radius 1 is 1.10 bits per heavy atom. The van der Waals surface area contributed by atoms with Gasteiger partial charge in [-0.15, -0.1) is 0 Å². The first-order valence-corrected chi connectivity index (χ1v) is 12.0. The minimum Gasteiger partial charge on any atom is -0.480 e. The van der Waals surface area contributed by atoms with Gasteiger partial charge in [0.2, 0.25) is 10.0 Å². The summed E-state index contributed by atoms with van der Waals surface area (Å²) in [5.74, 6) is -1.44. The molecule has 6 N–H and O–H groups in total. The minimum absolute atomic E-state index is 0.0319. The van der Waals surface area contributed by atoms with Crippen molar-refractivity contribution in [3.05, 3.63) is 36.4 Å². The first-order chi connectivity index (χ1) is 14.5. The summed E-state index contributed by atoms with van der Waals surface area (Å²) in [5, 5.41) is 19.8. The number of rotatable bonds is 6. The molecule has 0 aliphatic heterocycles. The summed E-state index contributed by atoms with van der Waals surface area (Å²) in [7, 11) is -0.429. The van der Waals surface area contributed by atoms with Gasteiger partial charge in [0.15, 0.2) is 0 Å². The molecule has 31 heavy (non-hydrogen) atoms. The maximum Gasteiger partial charge on any atom is 0.324 e. The zero-order valence-electron chi connectivity index (χ0n) is 18.4. The van der Waals surface area contributed by atoms with Crippen molar-refractivity contribution in [3.63, 3.8) is 0 Å². The highest BCUT2D eigenvalue weighted by atomic mass is 32.2. The number of carboxylic acids is 1. The Hall–Kier alpha value is -2.20.